The summed E-state index contributed by atoms with van der Waals surface area (Å²) in [4.78, 5) is 24.8. The molecule has 1 aromatic heterocycles. The third-order valence-electron chi connectivity index (χ3n) is 3.76. The van der Waals surface area contributed by atoms with E-state index in [-0.39, 0.29) is 17.6 Å². The van der Waals surface area contributed by atoms with Crippen LogP contribution in [0.2, 0.25) is 0 Å². The van der Waals surface area contributed by atoms with Gasteiger partial charge in [0.25, 0.3) is 11.8 Å². The van der Waals surface area contributed by atoms with Gasteiger partial charge in [0.2, 0.25) is 0 Å². The van der Waals surface area contributed by atoms with Crippen LogP contribution in [0.3, 0.4) is 0 Å². The summed E-state index contributed by atoms with van der Waals surface area (Å²) in [5.41, 5.74) is 2.10. The second-order valence-electron chi connectivity index (χ2n) is 5.64. The summed E-state index contributed by atoms with van der Waals surface area (Å²) in [6.45, 7) is 0.460. The SMILES string of the molecule is O=C(NCCc1ccc(F)cc1)c1ccc(NC(=O)c2cccs2)cc1. The first-order chi connectivity index (χ1) is 12.6. The molecule has 0 fully saturated rings. The highest BCUT2D eigenvalue weighted by atomic mass is 32.1. The summed E-state index contributed by atoms with van der Waals surface area (Å²) >= 11 is 1.37. The van der Waals surface area contributed by atoms with Crippen molar-refractivity contribution in [2.45, 2.75) is 6.42 Å². The van der Waals surface area contributed by atoms with Crippen LogP contribution in [0.25, 0.3) is 0 Å². The second kappa shape index (κ2) is 8.40. The molecule has 0 aliphatic rings. The molecule has 0 saturated carbocycles. The molecule has 1 heterocycles. The topological polar surface area (TPSA) is 58.2 Å². The lowest BCUT2D eigenvalue weighted by atomic mass is 10.1. The van der Waals surface area contributed by atoms with E-state index in [0.717, 1.165) is 5.56 Å². The zero-order valence-corrected chi connectivity index (χ0v) is 14.7. The molecule has 0 unspecified atom stereocenters. The normalized spacial score (nSPS) is 10.3. The minimum Gasteiger partial charge on any atom is -0.352 e. The number of carbonyl (C=O) groups excluding carboxylic acids is 2. The number of carbonyl (C=O) groups is 2. The number of anilines is 1. The molecule has 2 amide bonds. The maximum absolute atomic E-state index is 12.9. The van der Waals surface area contributed by atoms with Crippen LogP contribution in [-0.4, -0.2) is 18.4 Å². The quantitative estimate of drug-likeness (QED) is 0.688. The Kier molecular flexibility index (Phi) is 5.76. The standard InChI is InChI=1S/C20H17FN2O2S/c21-16-7-3-14(4-8-16)11-12-22-19(24)15-5-9-17(10-6-15)23-20(25)18-2-1-13-26-18/h1-10,13H,11-12H2,(H,22,24)(H,23,25). The Balaban J connectivity index is 1.50. The highest BCUT2D eigenvalue weighted by Gasteiger charge is 2.08. The molecule has 0 aliphatic carbocycles. The van der Waals surface area contributed by atoms with Crippen molar-refractivity contribution in [2.75, 3.05) is 11.9 Å². The summed E-state index contributed by atoms with van der Waals surface area (Å²) in [6, 6.07) is 16.5. The minimum absolute atomic E-state index is 0.170. The molecule has 0 atom stereocenters. The van der Waals surface area contributed by atoms with Gasteiger partial charge in [-0.15, -0.1) is 11.3 Å². The van der Waals surface area contributed by atoms with E-state index in [2.05, 4.69) is 10.6 Å². The Bertz CT molecular complexity index is 875. The maximum Gasteiger partial charge on any atom is 0.265 e. The smallest absolute Gasteiger partial charge is 0.265 e. The van der Waals surface area contributed by atoms with Crippen LogP contribution in [0.15, 0.2) is 66.0 Å². The van der Waals surface area contributed by atoms with Gasteiger partial charge in [-0.3, -0.25) is 9.59 Å². The highest BCUT2D eigenvalue weighted by Crippen LogP contribution is 2.14. The lowest BCUT2D eigenvalue weighted by molar-refractivity contribution is 0.0953. The van der Waals surface area contributed by atoms with Gasteiger partial charge in [0.05, 0.1) is 4.88 Å². The van der Waals surface area contributed by atoms with Crippen molar-refractivity contribution >= 4 is 28.8 Å². The zero-order valence-electron chi connectivity index (χ0n) is 13.9. The Labute approximate surface area is 154 Å². The summed E-state index contributed by atoms with van der Waals surface area (Å²) in [5.74, 6) is -0.635. The van der Waals surface area contributed by atoms with E-state index in [9.17, 15) is 14.0 Å². The van der Waals surface area contributed by atoms with Crippen LogP contribution >= 0.6 is 11.3 Å². The van der Waals surface area contributed by atoms with Crippen molar-refractivity contribution in [3.05, 3.63) is 87.9 Å². The van der Waals surface area contributed by atoms with Gasteiger partial charge in [-0.2, -0.15) is 0 Å². The fourth-order valence-corrected chi connectivity index (χ4v) is 3.00. The number of hydrogen-bond donors (Lipinski definition) is 2. The summed E-state index contributed by atoms with van der Waals surface area (Å²) in [6.07, 6.45) is 0.626. The van der Waals surface area contributed by atoms with Crippen LogP contribution in [0, 0.1) is 5.82 Å². The molecule has 0 bridgehead atoms. The summed E-state index contributed by atoms with van der Waals surface area (Å²) in [7, 11) is 0. The third kappa shape index (κ3) is 4.77. The average Bonchev–Trinajstić information content (AvgIpc) is 3.19. The third-order valence-corrected chi connectivity index (χ3v) is 4.63. The first-order valence-corrected chi connectivity index (χ1v) is 8.97. The molecule has 132 valence electrons. The number of hydrogen-bond acceptors (Lipinski definition) is 3. The number of halogens is 1. The molecule has 0 saturated heterocycles. The van der Waals surface area contributed by atoms with E-state index in [4.69, 9.17) is 0 Å². The van der Waals surface area contributed by atoms with Gasteiger partial charge in [0, 0.05) is 17.8 Å². The highest BCUT2D eigenvalue weighted by molar-refractivity contribution is 7.12. The molecule has 0 aliphatic heterocycles. The van der Waals surface area contributed by atoms with Crippen LogP contribution < -0.4 is 10.6 Å². The van der Waals surface area contributed by atoms with Gasteiger partial charge in [-0.05, 0) is 59.8 Å². The molecule has 3 rings (SSSR count). The molecule has 4 nitrogen and oxygen atoms in total. The van der Waals surface area contributed by atoms with E-state index in [1.165, 1.54) is 23.5 Å². The first kappa shape index (κ1) is 17.8. The van der Waals surface area contributed by atoms with Gasteiger partial charge in [0.15, 0.2) is 0 Å². The molecular formula is C20H17FN2O2S. The zero-order chi connectivity index (χ0) is 18.4. The maximum atomic E-state index is 12.9. The number of benzene rings is 2. The fraction of sp³-hybridized carbons (Fsp3) is 0.100. The first-order valence-electron chi connectivity index (χ1n) is 8.09. The Morgan fingerprint density at radius 2 is 1.65 bits per heavy atom. The molecular weight excluding hydrogens is 351 g/mol. The number of rotatable bonds is 6. The average molecular weight is 368 g/mol. The number of nitrogens with one attached hydrogen (secondary N) is 2. The molecule has 26 heavy (non-hydrogen) atoms. The molecule has 6 heteroatoms. The van der Waals surface area contributed by atoms with E-state index in [1.54, 1.807) is 42.5 Å². The molecule has 3 aromatic rings. The molecule has 0 spiro atoms. The van der Waals surface area contributed by atoms with Crippen LogP contribution in [0.5, 0.6) is 0 Å². The van der Waals surface area contributed by atoms with E-state index in [0.29, 0.717) is 29.1 Å². The predicted octanol–water partition coefficient (Wildman–Crippen LogP) is 4.11. The summed E-state index contributed by atoms with van der Waals surface area (Å²) in [5, 5.41) is 7.46. The molecule has 0 radical (unpaired) electrons. The largest absolute Gasteiger partial charge is 0.352 e. The fourth-order valence-electron chi connectivity index (χ4n) is 2.38. The number of amides is 2. The van der Waals surface area contributed by atoms with Crippen LogP contribution in [0.1, 0.15) is 25.6 Å². The van der Waals surface area contributed by atoms with Crippen LogP contribution in [-0.2, 0) is 6.42 Å². The van der Waals surface area contributed by atoms with Crippen molar-refractivity contribution in [1.82, 2.24) is 5.32 Å². The lowest BCUT2D eigenvalue weighted by Gasteiger charge is -2.07. The van der Waals surface area contributed by atoms with Crippen LogP contribution in [0.4, 0.5) is 10.1 Å². The summed E-state index contributed by atoms with van der Waals surface area (Å²) < 4.78 is 12.9. The minimum atomic E-state index is -0.274. The van der Waals surface area contributed by atoms with Gasteiger partial charge in [0.1, 0.15) is 5.82 Å². The van der Waals surface area contributed by atoms with Gasteiger partial charge < -0.3 is 10.6 Å². The molecule has 2 N–H and O–H groups in total. The van der Waals surface area contributed by atoms with E-state index >= 15 is 0 Å². The monoisotopic (exact) mass is 368 g/mol. The van der Waals surface area contributed by atoms with Gasteiger partial charge in [-0.1, -0.05) is 18.2 Å². The van der Waals surface area contributed by atoms with Gasteiger partial charge >= 0.3 is 0 Å². The van der Waals surface area contributed by atoms with Crippen molar-refractivity contribution in [1.29, 1.82) is 0 Å². The van der Waals surface area contributed by atoms with Crippen molar-refractivity contribution in [3.63, 3.8) is 0 Å². The Hall–Kier alpha value is -2.99. The van der Waals surface area contributed by atoms with Gasteiger partial charge in [-0.25, -0.2) is 4.39 Å². The van der Waals surface area contributed by atoms with Crippen molar-refractivity contribution in [2.24, 2.45) is 0 Å². The predicted molar refractivity (Wildman–Crippen MR) is 101 cm³/mol. The second-order valence-corrected chi connectivity index (χ2v) is 6.59. The molecule has 2 aromatic carbocycles. The van der Waals surface area contributed by atoms with Crippen molar-refractivity contribution in [3.8, 4) is 0 Å². The number of thiophene rings is 1. The lowest BCUT2D eigenvalue weighted by Crippen LogP contribution is -2.25. The van der Waals surface area contributed by atoms with Crippen molar-refractivity contribution < 1.29 is 14.0 Å². The van der Waals surface area contributed by atoms with E-state index in [1.807, 2.05) is 11.4 Å². The Morgan fingerprint density at radius 3 is 2.31 bits per heavy atom. The van der Waals surface area contributed by atoms with E-state index < -0.39 is 0 Å². The Morgan fingerprint density at radius 1 is 0.923 bits per heavy atom.